The summed E-state index contributed by atoms with van der Waals surface area (Å²) < 4.78 is 1.09. The maximum absolute atomic E-state index is 4.39. The van der Waals surface area contributed by atoms with Crippen LogP contribution in [-0.4, -0.2) is 16.5 Å². The molecule has 0 atom stereocenters. The zero-order valence-corrected chi connectivity index (χ0v) is 14.3. The van der Waals surface area contributed by atoms with Crippen LogP contribution < -0.4 is 10.6 Å². The van der Waals surface area contributed by atoms with Gasteiger partial charge >= 0.3 is 0 Å². The Hall–Kier alpha value is -1.62. The molecular weight excluding hydrogens is 328 g/mol. The van der Waals surface area contributed by atoms with E-state index in [0.717, 1.165) is 46.7 Å². The number of nitrogens with zero attached hydrogens (tertiary/aromatic N) is 2. The molecule has 0 aliphatic carbocycles. The first-order valence-electron chi connectivity index (χ1n) is 7.26. The van der Waals surface area contributed by atoms with E-state index < -0.39 is 0 Å². The Bertz CT molecular complexity index is 613. The van der Waals surface area contributed by atoms with Gasteiger partial charge in [0.25, 0.3) is 0 Å². The minimum absolute atomic E-state index is 0.863. The number of anilines is 3. The molecule has 0 fully saturated rings. The maximum Gasteiger partial charge on any atom is 0.139 e. The van der Waals surface area contributed by atoms with Gasteiger partial charge in [0.1, 0.15) is 18.0 Å². The van der Waals surface area contributed by atoms with Crippen LogP contribution in [0.5, 0.6) is 0 Å². The molecule has 1 aromatic carbocycles. The van der Waals surface area contributed by atoms with Crippen LogP contribution >= 0.6 is 15.9 Å². The summed E-state index contributed by atoms with van der Waals surface area (Å²) in [5.41, 5.74) is 3.34. The summed E-state index contributed by atoms with van der Waals surface area (Å²) >= 11 is 3.56. The number of benzene rings is 1. The second-order valence-corrected chi connectivity index (χ2v) is 5.77. The highest BCUT2D eigenvalue weighted by molar-refractivity contribution is 9.10. The first kappa shape index (κ1) is 15.8. The van der Waals surface area contributed by atoms with Gasteiger partial charge in [0, 0.05) is 22.3 Å². The molecule has 0 spiro atoms. The predicted octanol–water partition coefficient (Wildman–Crippen LogP) is 4.68. The van der Waals surface area contributed by atoms with E-state index in [1.54, 1.807) is 6.33 Å². The van der Waals surface area contributed by atoms with Gasteiger partial charge in [0.05, 0.1) is 0 Å². The van der Waals surface area contributed by atoms with Crippen LogP contribution in [0.25, 0.3) is 0 Å². The van der Waals surface area contributed by atoms with Crippen molar-refractivity contribution in [1.82, 2.24) is 9.97 Å². The molecule has 21 heavy (non-hydrogen) atoms. The number of aryl methyl sites for hydroxylation is 1. The van der Waals surface area contributed by atoms with E-state index in [9.17, 15) is 0 Å². The van der Waals surface area contributed by atoms with Gasteiger partial charge in [-0.15, -0.1) is 0 Å². The zero-order chi connectivity index (χ0) is 15.2. The van der Waals surface area contributed by atoms with Crippen molar-refractivity contribution in [3.63, 3.8) is 0 Å². The third-order valence-electron chi connectivity index (χ3n) is 3.28. The lowest BCUT2D eigenvalue weighted by Crippen LogP contribution is -2.08. The van der Waals surface area contributed by atoms with Crippen molar-refractivity contribution in [2.45, 2.75) is 33.6 Å². The maximum atomic E-state index is 4.39. The molecule has 0 amide bonds. The fourth-order valence-corrected chi connectivity index (χ4v) is 2.44. The molecule has 1 heterocycles. The van der Waals surface area contributed by atoms with Crippen LogP contribution in [0.3, 0.4) is 0 Å². The fourth-order valence-electron chi connectivity index (χ4n) is 2.06. The van der Waals surface area contributed by atoms with Gasteiger partial charge in [0.2, 0.25) is 0 Å². The number of hydrogen-bond acceptors (Lipinski definition) is 4. The first-order valence-corrected chi connectivity index (χ1v) is 8.05. The number of hydrogen-bond donors (Lipinski definition) is 2. The quantitative estimate of drug-likeness (QED) is 0.795. The topological polar surface area (TPSA) is 49.8 Å². The van der Waals surface area contributed by atoms with E-state index in [2.05, 4.69) is 75.5 Å². The largest absolute Gasteiger partial charge is 0.370 e. The number of halogens is 1. The second-order valence-electron chi connectivity index (χ2n) is 4.92. The molecule has 1 aromatic heterocycles. The van der Waals surface area contributed by atoms with Crippen molar-refractivity contribution in [3.05, 3.63) is 40.1 Å². The van der Waals surface area contributed by atoms with E-state index >= 15 is 0 Å². The molecule has 0 aliphatic heterocycles. The van der Waals surface area contributed by atoms with Crippen LogP contribution in [0.2, 0.25) is 0 Å². The molecule has 0 radical (unpaired) electrons. The molecule has 0 saturated carbocycles. The lowest BCUT2D eigenvalue weighted by Gasteiger charge is -2.14. The Kier molecular flexibility index (Phi) is 5.56. The monoisotopic (exact) mass is 348 g/mol. The van der Waals surface area contributed by atoms with Crippen molar-refractivity contribution < 1.29 is 0 Å². The van der Waals surface area contributed by atoms with Gasteiger partial charge in [-0.05, 0) is 37.5 Å². The van der Waals surface area contributed by atoms with E-state index in [-0.39, 0.29) is 0 Å². The number of rotatable bonds is 6. The first-order chi connectivity index (χ1) is 10.2. The Morgan fingerprint density at radius 1 is 1.14 bits per heavy atom. The van der Waals surface area contributed by atoms with Gasteiger partial charge in [-0.1, -0.05) is 35.8 Å². The number of nitrogens with one attached hydrogen (secondary N) is 2. The van der Waals surface area contributed by atoms with E-state index in [1.807, 2.05) is 0 Å². The van der Waals surface area contributed by atoms with Gasteiger partial charge < -0.3 is 10.6 Å². The average molecular weight is 349 g/mol. The fraction of sp³-hybridized carbons (Fsp3) is 0.375. The SMILES string of the molecule is CCCNc1ncnc(Nc2ccc(C)c(Br)c2)c1CC. The molecule has 0 aliphatic rings. The van der Waals surface area contributed by atoms with Gasteiger partial charge in [-0.2, -0.15) is 0 Å². The van der Waals surface area contributed by atoms with Gasteiger partial charge in [-0.3, -0.25) is 0 Å². The normalized spacial score (nSPS) is 10.5. The average Bonchev–Trinajstić information content (AvgIpc) is 2.49. The summed E-state index contributed by atoms with van der Waals surface area (Å²) in [6.07, 6.45) is 3.55. The van der Waals surface area contributed by atoms with Crippen LogP contribution in [0.1, 0.15) is 31.4 Å². The van der Waals surface area contributed by atoms with Crippen molar-refractivity contribution in [2.24, 2.45) is 0 Å². The molecule has 4 nitrogen and oxygen atoms in total. The summed E-state index contributed by atoms with van der Waals surface area (Å²) in [4.78, 5) is 8.74. The van der Waals surface area contributed by atoms with Crippen molar-refractivity contribution >= 4 is 33.3 Å². The Labute approximate surface area is 134 Å². The van der Waals surface area contributed by atoms with Crippen LogP contribution in [0.4, 0.5) is 17.3 Å². The molecule has 2 N–H and O–H groups in total. The summed E-state index contributed by atoms with van der Waals surface area (Å²) in [6, 6.07) is 6.20. The van der Waals surface area contributed by atoms with Crippen molar-refractivity contribution in [2.75, 3.05) is 17.2 Å². The summed E-state index contributed by atoms with van der Waals surface area (Å²) in [5.74, 6) is 1.78. The van der Waals surface area contributed by atoms with Gasteiger partial charge in [0.15, 0.2) is 0 Å². The highest BCUT2D eigenvalue weighted by Gasteiger charge is 2.10. The summed E-state index contributed by atoms with van der Waals surface area (Å²) in [7, 11) is 0. The third kappa shape index (κ3) is 3.94. The summed E-state index contributed by atoms with van der Waals surface area (Å²) in [6.45, 7) is 7.25. The van der Waals surface area contributed by atoms with E-state index in [1.165, 1.54) is 5.56 Å². The lowest BCUT2D eigenvalue weighted by atomic mass is 10.2. The molecule has 112 valence electrons. The minimum Gasteiger partial charge on any atom is -0.370 e. The lowest BCUT2D eigenvalue weighted by molar-refractivity contribution is 0.949. The Balaban J connectivity index is 2.28. The second kappa shape index (κ2) is 7.41. The van der Waals surface area contributed by atoms with Crippen molar-refractivity contribution in [1.29, 1.82) is 0 Å². The van der Waals surface area contributed by atoms with Crippen LogP contribution in [0, 0.1) is 6.92 Å². The third-order valence-corrected chi connectivity index (χ3v) is 4.13. The highest BCUT2D eigenvalue weighted by atomic mass is 79.9. The molecule has 2 rings (SSSR count). The molecule has 0 bridgehead atoms. The van der Waals surface area contributed by atoms with Crippen LogP contribution in [-0.2, 0) is 6.42 Å². The predicted molar refractivity (Wildman–Crippen MR) is 92.4 cm³/mol. The Morgan fingerprint density at radius 2 is 1.90 bits per heavy atom. The smallest absolute Gasteiger partial charge is 0.139 e. The van der Waals surface area contributed by atoms with E-state index in [4.69, 9.17) is 0 Å². The highest BCUT2D eigenvalue weighted by Crippen LogP contribution is 2.26. The van der Waals surface area contributed by atoms with Gasteiger partial charge in [-0.25, -0.2) is 9.97 Å². The number of aromatic nitrogens is 2. The molecular formula is C16H21BrN4. The van der Waals surface area contributed by atoms with E-state index in [0.29, 0.717) is 0 Å². The summed E-state index contributed by atoms with van der Waals surface area (Å²) in [5, 5.41) is 6.75. The van der Waals surface area contributed by atoms with Crippen molar-refractivity contribution in [3.8, 4) is 0 Å². The van der Waals surface area contributed by atoms with Crippen LogP contribution in [0.15, 0.2) is 29.0 Å². The molecule has 0 unspecified atom stereocenters. The minimum atomic E-state index is 0.863. The standard InChI is InChI=1S/C16H21BrN4/c1-4-8-18-15-13(5-2)16(20-10-19-15)21-12-7-6-11(3)14(17)9-12/h6-7,9-10H,4-5,8H2,1-3H3,(H2,18,19,20,21). The Morgan fingerprint density at radius 3 is 2.57 bits per heavy atom. The molecule has 0 saturated heterocycles. The molecule has 5 heteroatoms. The molecule has 2 aromatic rings. The zero-order valence-electron chi connectivity index (χ0n) is 12.7.